The van der Waals surface area contributed by atoms with Gasteiger partial charge in [0.25, 0.3) is 0 Å². The molecule has 0 aliphatic heterocycles. The summed E-state index contributed by atoms with van der Waals surface area (Å²) >= 11 is 0. The third kappa shape index (κ3) is 3.53. The molecule has 4 rings (SSSR count). The van der Waals surface area contributed by atoms with Gasteiger partial charge in [0.15, 0.2) is 0 Å². The van der Waals surface area contributed by atoms with Crippen LogP contribution in [0.15, 0.2) is 0 Å². The van der Waals surface area contributed by atoms with Gasteiger partial charge in [-0.05, 0) is 84.4 Å². The summed E-state index contributed by atoms with van der Waals surface area (Å²) in [6.07, 6.45) is 11.0. The van der Waals surface area contributed by atoms with Crippen molar-refractivity contribution in [1.29, 1.82) is 0 Å². The number of carbonyl (C=O) groups excluding carboxylic acids is 2. The van der Waals surface area contributed by atoms with Crippen LogP contribution in [0.4, 0.5) is 0 Å². The Morgan fingerprint density at radius 3 is 2.27 bits per heavy atom. The summed E-state index contributed by atoms with van der Waals surface area (Å²) in [5, 5.41) is 0. The second kappa shape index (κ2) is 8.04. The molecule has 0 amide bonds. The van der Waals surface area contributed by atoms with Gasteiger partial charge in [-0.15, -0.1) is 0 Å². The highest BCUT2D eigenvalue weighted by atomic mass is 16.1. The average Bonchev–Trinajstić information content (AvgIpc) is 3.04. The summed E-state index contributed by atoms with van der Waals surface area (Å²) < 4.78 is 0. The van der Waals surface area contributed by atoms with E-state index in [2.05, 4.69) is 41.5 Å². The van der Waals surface area contributed by atoms with Crippen molar-refractivity contribution in [2.24, 2.45) is 58.2 Å². The number of carbonyl (C=O) groups is 2. The molecule has 4 fully saturated rings. The molecule has 0 heterocycles. The lowest BCUT2D eigenvalue weighted by molar-refractivity contribution is -0.159. The number of rotatable bonds is 5. The van der Waals surface area contributed by atoms with Gasteiger partial charge in [0.1, 0.15) is 11.6 Å². The molecular formula is C28H46O2. The summed E-state index contributed by atoms with van der Waals surface area (Å²) in [4.78, 5) is 25.3. The van der Waals surface area contributed by atoms with Crippen LogP contribution in [0.25, 0.3) is 0 Å². The Hall–Kier alpha value is -0.660. The minimum atomic E-state index is 0.0259. The van der Waals surface area contributed by atoms with Gasteiger partial charge in [-0.25, -0.2) is 0 Å². The zero-order valence-electron chi connectivity index (χ0n) is 20.5. The Kier molecular flexibility index (Phi) is 6.04. The van der Waals surface area contributed by atoms with Gasteiger partial charge in [-0.1, -0.05) is 54.4 Å². The minimum Gasteiger partial charge on any atom is -0.300 e. The van der Waals surface area contributed by atoms with Crippen molar-refractivity contribution in [3.05, 3.63) is 0 Å². The van der Waals surface area contributed by atoms with E-state index < -0.39 is 0 Å². The smallest absolute Gasteiger partial charge is 0.137 e. The molecule has 1 unspecified atom stereocenters. The van der Waals surface area contributed by atoms with Crippen molar-refractivity contribution < 1.29 is 9.59 Å². The first-order valence-electron chi connectivity index (χ1n) is 13.1. The fourth-order valence-electron chi connectivity index (χ4n) is 8.87. The van der Waals surface area contributed by atoms with E-state index in [4.69, 9.17) is 0 Å². The minimum absolute atomic E-state index is 0.0259. The highest BCUT2D eigenvalue weighted by Crippen LogP contribution is 2.67. The van der Waals surface area contributed by atoms with Crippen molar-refractivity contribution in [2.45, 2.75) is 106 Å². The standard InChI is InChI=1S/C28H46O2/c1-17(2)18(3)7-8-19(4)22-9-10-23-21-16-26(30)25-15-20(29)11-13-28(25,6)24(21)12-14-27(22,23)5/h17-19,21-25H,7-16H2,1-6H3/t18-,19+,21-,22+,23-,24-,25?,27+,28+/m0/s1. The van der Waals surface area contributed by atoms with E-state index in [-0.39, 0.29) is 11.3 Å². The molecule has 0 aromatic heterocycles. The Morgan fingerprint density at radius 1 is 0.867 bits per heavy atom. The maximum absolute atomic E-state index is 13.2. The van der Waals surface area contributed by atoms with E-state index in [0.717, 1.165) is 42.4 Å². The van der Waals surface area contributed by atoms with Gasteiger partial charge in [-0.3, -0.25) is 9.59 Å². The summed E-state index contributed by atoms with van der Waals surface area (Å²) in [6.45, 7) is 14.6. The van der Waals surface area contributed by atoms with Crippen molar-refractivity contribution in [2.75, 3.05) is 0 Å². The van der Waals surface area contributed by atoms with Crippen molar-refractivity contribution in [1.82, 2.24) is 0 Å². The van der Waals surface area contributed by atoms with Crippen molar-refractivity contribution in [3.63, 3.8) is 0 Å². The fraction of sp³-hybridized carbons (Fsp3) is 0.929. The SMILES string of the molecule is CC(C)[C@@H](C)CC[C@@H](C)[C@H]1CC[C@H]2[C@@H]3CC(=O)C4CC(=O)CC[C@]4(C)[C@H]3CC[C@]12C. The van der Waals surface area contributed by atoms with Crippen LogP contribution >= 0.6 is 0 Å². The molecule has 0 bridgehead atoms. The predicted molar refractivity (Wildman–Crippen MR) is 123 cm³/mol. The van der Waals surface area contributed by atoms with E-state index in [1.807, 2.05) is 0 Å². The molecule has 0 aromatic carbocycles. The Bertz CT molecular complexity index is 680. The molecule has 2 heteroatoms. The lowest BCUT2D eigenvalue weighted by Crippen LogP contribution is -2.56. The largest absolute Gasteiger partial charge is 0.300 e. The van der Waals surface area contributed by atoms with Gasteiger partial charge < -0.3 is 0 Å². The topological polar surface area (TPSA) is 34.1 Å². The van der Waals surface area contributed by atoms with Crippen LogP contribution in [0.1, 0.15) is 106 Å². The van der Waals surface area contributed by atoms with E-state index >= 15 is 0 Å². The molecule has 170 valence electrons. The Balaban J connectivity index is 1.51. The normalized spacial score (nSPS) is 45.6. The summed E-state index contributed by atoms with van der Waals surface area (Å²) in [5.74, 6) is 5.99. The molecule has 0 saturated heterocycles. The van der Waals surface area contributed by atoms with Crippen LogP contribution < -0.4 is 0 Å². The summed E-state index contributed by atoms with van der Waals surface area (Å²) in [7, 11) is 0. The molecule has 4 aliphatic rings. The first kappa shape index (κ1) is 22.5. The number of hydrogen-bond donors (Lipinski definition) is 0. The molecule has 0 aromatic rings. The fourth-order valence-corrected chi connectivity index (χ4v) is 8.87. The van der Waals surface area contributed by atoms with Gasteiger partial charge in [0, 0.05) is 25.2 Å². The summed E-state index contributed by atoms with van der Waals surface area (Å²) in [5.41, 5.74) is 0.515. The Morgan fingerprint density at radius 2 is 1.57 bits per heavy atom. The van der Waals surface area contributed by atoms with E-state index in [9.17, 15) is 9.59 Å². The first-order chi connectivity index (χ1) is 14.1. The lowest BCUT2D eigenvalue weighted by Gasteiger charge is -2.59. The molecule has 9 atom stereocenters. The van der Waals surface area contributed by atoms with Gasteiger partial charge >= 0.3 is 0 Å². The lowest BCUT2D eigenvalue weighted by atomic mass is 9.44. The van der Waals surface area contributed by atoms with Crippen LogP contribution in [-0.4, -0.2) is 11.6 Å². The maximum Gasteiger partial charge on any atom is 0.137 e. The number of ketones is 2. The molecule has 0 radical (unpaired) electrons. The molecule has 0 N–H and O–H groups in total. The van der Waals surface area contributed by atoms with E-state index in [1.54, 1.807) is 0 Å². The highest BCUT2D eigenvalue weighted by molar-refractivity contribution is 5.90. The van der Waals surface area contributed by atoms with Crippen LogP contribution in [0.3, 0.4) is 0 Å². The quantitative estimate of drug-likeness (QED) is 0.480. The highest BCUT2D eigenvalue weighted by Gasteiger charge is 2.62. The van der Waals surface area contributed by atoms with Crippen LogP contribution in [-0.2, 0) is 9.59 Å². The van der Waals surface area contributed by atoms with Crippen molar-refractivity contribution in [3.8, 4) is 0 Å². The van der Waals surface area contributed by atoms with Crippen LogP contribution in [0.5, 0.6) is 0 Å². The molecule has 2 nitrogen and oxygen atoms in total. The number of hydrogen-bond acceptors (Lipinski definition) is 2. The monoisotopic (exact) mass is 414 g/mol. The Labute approximate surface area is 185 Å². The number of Topliss-reactive ketones (excluding diaryl/α,β-unsaturated/α-hetero) is 2. The van der Waals surface area contributed by atoms with Gasteiger partial charge in [0.05, 0.1) is 0 Å². The third-order valence-corrected chi connectivity index (χ3v) is 11.3. The second-order valence-corrected chi connectivity index (χ2v) is 12.9. The van der Waals surface area contributed by atoms with Crippen LogP contribution in [0.2, 0.25) is 0 Å². The van der Waals surface area contributed by atoms with Gasteiger partial charge in [-0.2, -0.15) is 0 Å². The van der Waals surface area contributed by atoms with E-state index in [0.29, 0.717) is 41.7 Å². The summed E-state index contributed by atoms with van der Waals surface area (Å²) in [6, 6.07) is 0. The molecular weight excluding hydrogens is 368 g/mol. The average molecular weight is 415 g/mol. The first-order valence-corrected chi connectivity index (χ1v) is 13.1. The zero-order chi connectivity index (χ0) is 21.8. The molecule has 0 spiro atoms. The number of fused-ring (bicyclic) bond motifs is 5. The molecule has 4 aliphatic carbocycles. The third-order valence-electron chi connectivity index (χ3n) is 11.3. The molecule has 30 heavy (non-hydrogen) atoms. The molecule has 4 saturated carbocycles. The maximum atomic E-state index is 13.2. The second-order valence-electron chi connectivity index (χ2n) is 12.9. The van der Waals surface area contributed by atoms with E-state index in [1.165, 1.54) is 38.5 Å². The predicted octanol–water partition coefficient (Wildman–Crippen LogP) is 7.10. The zero-order valence-corrected chi connectivity index (χ0v) is 20.5. The van der Waals surface area contributed by atoms with Crippen molar-refractivity contribution >= 4 is 11.6 Å². The van der Waals surface area contributed by atoms with Gasteiger partial charge in [0.2, 0.25) is 0 Å². The van der Waals surface area contributed by atoms with Crippen LogP contribution in [0, 0.1) is 58.2 Å².